The minimum absolute atomic E-state index is 0.132. The first kappa shape index (κ1) is 17.4. The van der Waals surface area contributed by atoms with Gasteiger partial charge in [-0.05, 0) is 31.5 Å². The maximum atomic E-state index is 12.4. The highest BCUT2D eigenvalue weighted by molar-refractivity contribution is 7.17. The number of nitrogens with zero attached hydrogens (tertiary/aromatic N) is 2. The predicted molar refractivity (Wildman–Crippen MR) is 102 cm³/mol. The summed E-state index contributed by atoms with van der Waals surface area (Å²) in [5.41, 5.74) is 2.94. The smallest absolute Gasteiger partial charge is 0.263 e. The molecule has 0 atom stereocenters. The second-order valence-electron chi connectivity index (χ2n) is 5.59. The number of thiazole rings is 1. The summed E-state index contributed by atoms with van der Waals surface area (Å²) >= 11 is 7.12. The molecule has 0 aliphatic rings. The molecule has 25 heavy (non-hydrogen) atoms. The van der Waals surface area contributed by atoms with Crippen LogP contribution in [0.15, 0.2) is 42.6 Å². The van der Waals surface area contributed by atoms with E-state index in [-0.39, 0.29) is 5.91 Å². The lowest BCUT2D eigenvalue weighted by atomic mass is 10.1. The number of nitrogens with one attached hydrogen (secondary N) is 2. The normalized spacial score (nSPS) is 10.5. The van der Waals surface area contributed by atoms with Crippen molar-refractivity contribution in [2.24, 2.45) is 0 Å². The standard InChI is InChI=1S/C18H17ClN4OS/c1-11-3-5-13(6-4-11)9-21-17(24)16-12(2)22-18(25-16)23-15-8-7-14(19)10-20-15/h3-8,10H,9H2,1-2H3,(H,21,24)(H,20,22,23). The highest BCUT2D eigenvalue weighted by Gasteiger charge is 2.15. The minimum atomic E-state index is -0.132. The Labute approximate surface area is 155 Å². The molecule has 3 aromatic rings. The van der Waals surface area contributed by atoms with Gasteiger partial charge in [0.25, 0.3) is 5.91 Å². The van der Waals surface area contributed by atoms with Gasteiger partial charge in [-0.15, -0.1) is 0 Å². The van der Waals surface area contributed by atoms with Gasteiger partial charge in [0.15, 0.2) is 5.13 Å². The molecule has 5 nitrogen and oxygen atoms in total. The van der Waals surface area contributed by atoms with Gasteiger partial charge in [0, 0.05) is 12.7 Å². The van der Waals surface area contributed by atoms with Crippen LogP contribution in [0.4, 0.5) is 10.9 Å². The molecular formula is C18H17ClN4OS. The van der Waals surface area contributed by atoms with Crippen molar-refractivity contribution < 1.29 is 4.79 Å². The maximum Gasteiger partial charge on any atom is 0.263 e. The molecule has 2 aromatic heterocycles. The number of aromatic nitrogens is 2. The van der Waals surface area contributed by atoms with Crippen molar-refractivity contribution in [3.8, 4) is 0 Å². The van der Waals surface area contributed by atoms with Gasteiger partial charge in [-0.3, -0.25) is 4.79 Å². The topological polar surface area (TPSA) is 66.9 Å². The molecule has 7 heteroatoms. The molecule has 0 aliphatic heterocycles. The van der Waals surface area contributed by atoms with Crippen molar-refractivity contribution in [1.29, 1.82) is 0 Å². The predicted octanol–water partition coefficient (Wildman–Crippen LogP) is 4.48. The third kappa shape index (κ3) is 4.55. The highest BCUT2D eigenvalue weighted by atomic mass is 35.5. The number of carbonyl (C=O) groups is 1. The first-order chi connectivity index (χ1) is 12.0. The van der Waals surface area contributed by atoms with Gasteiger partial charge in [0.2, 0.25) is 0 Å². The number of aryl methyl sites for hydroxylation is 2. The van der Waals surface area contributed by atoms with Crippen LogP contribution in [-0.2, 0) is 6.54 Å². The van der Waals surface area contributed by atoms with Gasteiger partial charge in [0.1, 0.15) is 10.7 Å². The van der Waals surface area contributed by atoms with Crippen LogP contribution in [0.3, 0.4) is 0 Å². The van der Waals surface area contributed by atoms with Gasteiger partial charge >= 0.3 is 0 Å². The maximum absolute atomic E-state index is 12.4. The van der Waals surface area contributed by atoms with Gasteiger partial charge in [-0.2, -0.15) is 0 Å². The average Bonchev–Trinajstić information content (AvgIpc) is 2.96. The van der Waals surface area contributed by atoms with Crippen LogP contribution >= 0.6 is 22.9 Å². The van der Waals surface area contributed by atoms with Crippen LogP contribution in [0.25, 0.3) is 0 Å². The van der Waals surface area contributed by atoms with E-state index in [0.29, 0.717) is 33.1 Å². The minimum Gasteiger partial charge on any atom is -0.347 e. The molecule has 0 unspecified atom stereocenters. The number of rotatable bonds is 5. The molecule has 2 heterocycles. The fraction of sp³-hybridized carbons (Fsp3) is 0.167. The molecule has 0 fully saturated rings. The Balaban J connectivity index is 1.65. The lowest BCUT2D eigenvalue weighted by Gasteiger charge is -2.04. The number of carbonyl (C=O) groups excluding carboxylic acids is 1. The van der Waals surface area contributed by atoms with Crippen LogP contribution in [0.1, 0.15) is 26.5 Å². The molecular weight excluding hydrogens is 356 g/mol. The molecule has 1 aromatic carbocycles. The van der Waals surface area contributed by atoms with Crippen molar-refractivity contribution in [3.05, 3.63) is 69.3 Å². The molecule has 0 saturated carbocycles. The SMILES string of the molecule is Cc1ccc(CNC(=O)c2sc(Nc3ccc(Cl)cn3)nc2C)cc1. The molecule has 0 saturated heterocycles. The highest BCUT2D eigenvalue weighted by Crippen LogP contribution is 2.25. The fourth-order valence-electron chi connectivity index (χ4n) is 2.19. The van der Waals surface area contributed by atoms with Crippen LogP contribution in [0, 0.1) is 13.8 Å². The first-order valence-electron chi connectivity index (χ1n) is 7.71. The zero-order valence-corrected chi connectivity index (χ0v) is 15.4. The number of amides is 1. The first-order valence-corrected chi connectivity index (χ1v) is 8.90. The summed E-state index contributed by atoms with van der Waals surface area (Å²) in [5, 5.41) is 7.20. The lowest BCUT2D eigenvalue weighted by Crippen LogP contribution is -2.22. The summed E-state index contributed by atoms with van der Waals surface area (Å²) in [7, 11) is 0. The average molecular weight is 373 g/mol. The number of hydrogen-bond acceptors (Lipinski definition) is 5. The Morgan fingerprint density at radius 2 is 1.92 bits per heavy atom. The Morgan fingerprint density at radius 3 is 2.60 bits per heavy atom. The van der Waals surface area contributed by atoms with E-state index in [2.05, 4.69) is 20.6 Å². The summed E-state index contributed by atoms with van der Waals surface area (Å²) in [6.07, 6.45) is 1.56. The van der Waals surface area contributed by atoms with Gasteiger partial charge < -0.3 is 10.6 Å². The summed E-state index contributed by atoms with van der Waals surface area (Å²) < 4.78 is 0. The molecule has 0 aliphatic carbocycles. The number of pyridine rings is 1. The Morgan fingerprint density at radius 1 is 1.16 bits per heavy atom. The summed E-state index contributed by atoms with van der Waals surface area (Å²) in [4.78, 5) is 21.6. The molecule has 2 N–H and O–H groups in total. The number of anilines is 2. The monoisotopic (exact) mass is 372 g/mol. The van der Waals surface area contributed by atoms with Crippen LogP contribution in [0.2, 0.25) is 5.02 Å². The number of hydrogen-bond donors (Lipinski definition) is 2. The van der Waals surface area contributed by atoms with Crippen molar-refractivity contribution in [3.63, 3.8) is 0 Å². The molecule has 0 bridgehead atoms. The van der Waals surface area contributed by atoms with E-state index >= 15 is 0 Å². The van der Waals surface area contributed by atoms with Crippen LogP contribution < -0.4 is 10.6 Å². The van der Waals surface area contributed by atoms with Crippen molar-refractivity contribution in [1.82, 2.24) is 15.3 Å². The lowest BCUT2D eigenvalue weighted by molar-refractivity contribution is 0.0954. The number of benzene rings is 1. The zero-order chi connectivity index (χ0) is 17.8. The van der Waals surface area contributed by atoms with E-state index in [1.165, 1.54) is 16.9 Å². The quantitative estimate of drug-likeness (QED) is 0.692. The molecule has 128 valence electrons. The van der Waals surface area contributed by atoms with E-state index < -0.39 is 0 Å². The molecule has 0 radical (unpaired) electrons. The van der Waals surface area contributed by atoms with E-state index in [9.17, 15) is 4.79 Å². The second-order valence-corrected chi connectivity index (χ2v) is 7.02. The summed E-state index contributed by atoms with van der Waals surface area (Å²) in [6, 6.07) is 11.6. The fourth-order valence-corrected chi connectivity index (χ4v) is 3.19. The van der Waals surface area contributed by atoms with E-state index in [1.54, 1.807) is 18.3 Å². The Kier molecular flexibility index (Phi) is 5.31. The van der Waals surface area contributed by atoms with Crippen LogP contribution in [-0.4, -0.2) is 15.9 Å². The summed E-state index contributed by atoms with van der Waals surface area (Å²) in [5.74, 6) is 0.498. The largest absolute Gasteiger partial charge is 0.347 e. The van der Waals surface area contributed by atoms with Gasteiger partial charge in [-0.25, -0.2) is 9.97 Å². The molecule has 0 spiro atoms. The third-order valence-electron chi connectivity index (χ3n) is 3.54. The van der Waals surface area contributed by atoms with Crippen molar-refractivity contribution >= 4 is 39.8 Å². The second kappa shape index (κ2) is 7.63. The third-order valence-corrected chi connectivity index (χ3v) is 4.83. The van der Waals surface area contributed by atoms with E-state index in [4.69, 9.17) is 11.6 Å². The van der Waals surface area contributed by atoms with Crippen molar-refractivity contribution in [2.45, 2.75) is 20.4 Å². The molecule has 1 amide bonds. The summed E-state index contributed by atoms with van der Waals surface area (Å²) in [6.45, 7) is 4.34. The zero-order valence-electron chi connectivity index (χ0n) is 13.8. The molecule has 3 rings (SSSR count). The Hall–Kier alpha value is -2.44. The van der Waals surface area contributed by atoms with Gasteiger partial charge in [-0.1, -0.05) is 52.8 Å². The van der Waals surface area contributed by atoms with Crippen molar-refractivity contribution in [2.75, 3.05) is 5.32 Å². The van der Waals surface area contributed by atoms with Gasteiger partial charge in [0.05, 0.1) is 10.7 Å². The number of halogens is 1. The van der Waals surface area contributed by atoms with E-state index in [1.807, 2.05) is 38.1 Å². The van der Waals surface area contributed by atoms with E-state index in [0.717, 1.165) is 5.56 Å². The van der Waals surface area contributed by atoms with Crippen LogP contribution in [0.5, 0.6) is 0 Å². The Bertz CT molecular complexity index is 875.